The van der Waals surface area contributed by atoms with E-state index in [-0.39, 0.29) is 5.56 Å². The van der Waals surface area contributed by atoms with Gasteiger partial charge >= 0.3 is 0 Å². The molecule has 0 bridgehead atoms. The van der Waals surface area contributed by atoms with Crippen LogP contribution >= 0.6 is 11.8 Å². The van der Waals surface area contributed by atoms with E-state index in [1.54, 1.807) is 7.11 Å². The number of rotatable bonds is 7. The van der Waals surface area contributed by atoms with Crippen molar-refractivity contribution in [1.82, 2.24) is 19.9 Å². The molecule has 2 aromatic heterocycles. The van der Waals surface area contributed by atoms with Crippen molar-refractivity contribution >= 4 is 11.8 Å². The van der Waals surface area contributed by atoms with E-state index in [1.165, 1.54) is 11.8 Å². The topological polar surface area (TPSA) is 84.2 Å². The Hall–Kier alpha value is -2.42. The molecule has 8 heteroatoms. The minimum atomic E-state index is -0.0538. The highest BCUT2D eigenvalue weighted by molar-refractivity contribution is 7.98. The Morgan fingerprint density at radius 3 is 2.97 bits per heavy atom. The van der Waals surface area contributed by atoms with Gasteiger partial charge < -0.3 is 14.1 Å². The minimum Gasteiger partial charge on any atom is -0.441 e. The van der Waals surface area contributed by atoms with Crippen molar-refractivity contribution in [2.75, 3.05) is 26.8 Å². The van der Waals surface area contributed by atoms with Crippen molar-refractivity contribution in [3.63, 3.8) is 0 Å². The van der Waals surface area contributed by atoms with E-state index in [2.05, 4.69) is 20.9 Å². The zero-order chi connectivity index (χ0) is 21.1. The van der Waals surface area contributed by atoms with Gasteiger partial charge in [0.25, 0.3) is 5.56 Å². The molecule has 158 valence electrons. The number of benzene rings is 1. The summed E-state index contributed by atoms with van der Waals surface area (Å²) in [4.78, 5) is 27.1. The maximum atomic E-state index is 12.6. The first-order valence-electron chi connectivity index (χ1n) is 10.0. The molecule has 3 heterocycles. The number of aromatic amines is 1. The molecule has 1 aromatic carbocycles. The second-order valence-corrected chi connectivity index (χ2v) is 8.46. The van der Waals surface area contributed by atoms with E-state index in [9.17, 15) is 4.79 Å². The summed E-state index contributed by atoms with van der Waals surface area (Å²) < 4.78 is 11.0. The number of hydrogen-bond donors (Lipinski definition) is 1. The molecule has 1 aliphatic heterocycles. The Morgan fingerprint density at radius 2 is 2.17 bits per heavy atom. The van der Waals surface area contributed by atoms with Gasteiger partial charge in [0.2, 0.25) is 5.89 Å². The van der Waals surface area contributed by atoms with E-state index >= 15 is 0 Å². The maximum Gasteiger partial charge on any atom is 0.256 e. The molecule has 1 N–H and O–H groups in total. The number of thioether (sulfide) groups is 1. The number of aryl methyl sites for hydroxylation is 2. The zero-order valence-corrected chi connectivity index (χ0v) is 18.3. The fourth-order valence-corrected chi connectivity index (χ4v) is 4.42. The lowest BCUT2D eigenvalue weighted by atomic mass is 10.1. The predicted octanol–water partition coefficient (Wildman–Crippen LogP) is 3.34. The molecule has 7 nitrogen and oxygen atoms in total. The molecular weight excluding hydrogens is 400 g/mol. The Morgan fingerprint density at radius 1 is 1.30 bits per heavy atom. The summed E-state index contributed by atoms with van der Waals surface area (Å²) in [5.74, 6) is 1.99. The lowest BCUT2D eigenvalue weighted by Crippen LogP contribution is -2.37. The Labute approximate surface area is 179 Å². The predicted molar refractivity (Wildman–Crippen MR) is 117 cm³/mol. The molecule has 0 amide bonds. The largest absolute Gasteiger partial charge is 0.441 e. The van der Waals surface area contributed by atoms with Crippen LogP contribution < -0.4 is 5.56 Å². The normalized spacial score (nSPS) is 14.1. The third-order valence-electron chi connectivity index (χ3n) is 5.24. The third-order valence-corrected chi connectivity index (χ3v) is 6.13. The van der Waals surface area contributed by atoms with Gasteiger partial charge in [-0.05, 0) is 26.0 Å². The highest BCUT2D eigenvalue weighted by atomic mass is 32.2. The highest BCUT2D eigenvalue weighted by Crippen LogP contribution is 2.27. The van der Waals surface area contributed by atoms with Crippen LogP contribution in [0.1, 0.15) is 28.3 Å². The molecular formula is C22H26N4O3S. The SMILES string of the molecule is COCCN1CCc2nc(SCc3nc(-c4cccc(C)c4)oc3C)[nH]c(=O)c2C1. The Kier molecular flexibility index (Phi) is 6.36. The molecule has 0 aliphatic carbocycles. The molecule has 0 atom stereocenters. The first-order chi connectivity index (χ1) is 14.5. The molecule has 1 aliphatic rings. The van der Waals surface area contributed by atoms with Gasteiger partial charge in [0.05, 0.1) is 23.6 Å². The molecule has 3 aromatic rings. The number of H-pyrrole nitrogens is 1. The lowest BCUT2D eigenvalue weighted by Gasteiger charge is -2.27. The van der Waals surface area contributed by atoms with Crippen LogP contribution in [-0.4, -0.2) is 46.7 Å². The standard InChI is InChI=1S/C22H26N4O3S/c1-14-5-4-6-16(11-14)21-23-19(15(2)29-21)13-30-22-24-18-7-8-26(9-10-28-3)12-17(18)20(27)25-22/h4-6,11H,7-10,12-13H2,1-3H3,(H,24,25,27). The number of oxazole rings is 1. The van der Waals surface area contributed by atoms with Crippen LogP contribution in [-0.2, 0) is 23.5 Å². The fourth-order valence-electron chi connectivity index (χ4n) is 3.54. The van der Waals surface area contributed by atoms with E-state index in [1.807, 2.05) is 32.0 Å². The number of nitrogens with one attached hydrogen (secondary N) is 1. The summed E-state index contributed by atoms with van der Waals surface area (Å²) >= 11 is 1.48. The van der Waals surface area contributed by atoms with E-state index in [0.29, 0.717) is 30.0 Å². The van der Waals surface area contributed by atoms with Gasteiger partial charge in [-0.3, -0.25) is 9.69 Å². The molecule has 0 spiro atoms. The van der Waals surface area contributed by atoms with Crippen LogP contribution in [0.25, 0.3) is 11.5 Å². The number of fused-ring (bicyclic) bond motifs is 1. The number of hydrogen-bond acceptors (Lipinski definition) is 7. The number of methoxy groups -OCH3 is 1. The molecule has 0 radical (unpaired) electrons. The van der Waals surface area contributed by atoms with Gasteiger partial charge in [-0.1, -0.05) is 29.5 Å². The summed E-state index contributed by atoms with van der Waals surface area (Å²) in [5.41, 5.74) is 4.60. The number of nitrogens with zero attached hydrogens (tertiary/aromatic N) is 3. The van der Waals surface area contributed by atoms with Crippen molar-refractivity contribution < 1.29 is 9.15 Å². The molecule has 30 heavy (non-hydrogen) atoms. The second kappa shape index (κ2) is 9.16. The molecule has 0 fully saturated rings. The van der Waals surface area contributed by atoms with Crippen molar-refractivity contribution in [2.24, 2.45) is 0 Å². The number of aromatic nitrogens is 3. The van der Waals surface area contributed by atoms with E-state index in [4.69, 9.17) is 14.1 Å². The molecule has 4 rings (SSSR count). The van der Waals surface area contributed by atoms with Crippen molar-refractivity contribution in [3.8, 4) is 11.5 Å². The molecule has 0 saturated heterocycles. The summed E-state index contributed by atoms with van der Waals surface area (Å²) in [6.07, 6.45) is 0.775. The zero-order valence-electron chi connectivity index (χ0n) is 17.5. The average Bonchev–Trinajstić information content (AvgIpc) is 3.11. The molecule has 0 unspecified atom stereocenters. The van der Waals surface area contributed by atoms with Crippen molar-refractivity contribution in [2.45, 2.75) is 37.7 Å². The van der Waals surface area contributed by atoms with Gasteiger partial charge in [-0.15, -0.1) is 0 Å². The van der Waals surface area contributed by atoms with Gasteiger partial charge in [0.15, 0.2) is 5.16 Å². The lowest BCUT2D eigenvalue weighted by molar-refractivity contribution is 0.139. The van der Waals surface area contributed by atoms with Gasteiger partial charge in [-0.2, -0.15) is 0 Å². The Balaban J connectivity index is 1.46. The summed E-state index contributed by atoms with van der Waals surface area (Å²) in [7, 11) is 1.69. The van der Waals surface area contributed by atoms with Gasteiger partial charge in [0.1, 0.15) is 5.76 Å². The van der Waals surface area contributed by atoms with Crippen LogP contribution in [0.15, 0.2) is 38.6 Å². The average molecular weight is 427 g/mol. The van der Waals surface area contributed by atoms with Gasteiger partial charge in [-0.25, -0.2) is 9.97 Å². The second-order valence-electron chi connectivity index (χ2n) is 7.50. The monoisotopic (exact) mass is 426 g/mol. The van der Waals surface area contributed by atoms with Crippen LogP contribution in [0.3, 0.4) is 0 Å². The fraction of sp³-hybridized carbons (Fsp3) is 0.409. The minimum absolute atomic E-state index is 0.0538. The first kappa shape index (κ1) is 20.8. The van der Waals surface area contributed by atoms with Crippen LogP contribution in [0.5, 0.6) is 0 Å². The number of ether oxygens (including phenoxy) is 1. The molecule has 0 saturated carbocycles. The third kappa shape index (κ3) is 4.66. The van der Waals surface area contributed by atoms with E-state index < -0.39 is 0 Å². The van der Waals surface area contributed by atoms with Crippen LogP contribution in [0.2, 0.25) is 0 Å². The van der Waals surface area contributed by atoms with Gasteiger partial charge in [0, 0.05) is 44.5 Å². The Bertz CT molecular complexity index is 1090. The summed E-state index contributed by atoms with van der Waals surface area (Å²) in [6, 6.07) is 8.09. The smallest absolute Gasteiger partial charge is 0.256 e. The van der Waals surface area contributed by atoms with Crippen molar-refractivity contribution in [3.05, 3.63) is 62.9 Å². The maximum absolute atomic E-state index is 12.6. The highest BCUT2D eigenvalue weighted by Gasteiger charge is 2.21. The van der Waals surface area contributed by atoms with Crippen LogP contribution in [0.4, 0.5) is 0 Å². The van der Waals surface area contributed by atoms with E-state index in [0.717, 1.165) is 53.3 Å². The summed E-state index contributed by atoms with van der Waals surface area (Å²) in [6.45, 7) is 6.95. The van der Waals surface area contributed by atoms with Crippen molar-refractivity contribution in [1.29, 1.82) is 0 Å². The quantitative estimate of drug-likeness (QED) is 0.458. The first-order valence-corrected chi connectivity index (χ1v) is 11.0. The van der Waals surface area contributed by atoms with Crippen LogP contribution in [0, 0.1) is 13.8 Å². The summed E-state index contributed by atoms with van der Waals surface area (Å²) in [5, 5.41) is 0.628.